The molecular formula is C29H27NO6. The first-order valence-electron chi connectivity index (χ1n) is 11.8. The smallest absolute Gasteiger partial charge is 0.340 e. The molecular weight excluding hydrogens is 458 g/mol. The molecule has 5 rings (SSSR count). The highest BCUT2D eigenvalue weighted by Crippen LogP contribution is 2.45. The highest BCUT2D eigenvalue weighted by molar-refractivity contribution is 6.03. The predicted molar refractivity (Wildman–Crippen MR) is 134 cm³/mol. The Labute approximate surface area is 209 Å². The van der Waals surface area contributed by atoms with E-state index in [0.717, 1.165) is 16.3 Å². The number of carbonyl (C=O) groups is 2. The van der Waals surface area contributed by atoms with Gasteiger partial charge < -0.3 is 24.7 Å². The second-order valence-electron chi connectivity index (χ2n) is 8.76. The van der Waals surface area contributed by atoms with E-state index in [-0.39, 0.29) is 17.2 Å². The molecule has 0 saturated heterocycles. The van der Waals surface area contributed by atoms with Gasteiger partial charge in [0.2, 0.25) is 5.88 Å². The zero-order valence-corrected chi connectivity index (χ0v) is 20.2. The van der Waals surface area contributed by atoms with Gasteiger partial charge in [0, 0.05) is 18.4 Å². The van der Waals surface area contributed by atoms with Gasteiger partial charge in [0.1, 0.15) is 17.9 Å². The van der Waals surface area contributed by atoms with Crippen molar-refractivity contribution in [3.05, 3.63) is 94.6 Å². The summed E-state index contributed by atoms with van der Waals surface area (Å²) >= 11 is 0. The summed E-state index contributed by atoms with van der Waals surface area (Å²) in [5, 5.41) is 2.26. The van der Waals surface area contributed by atoms with Crippen molar-refractivity contribution in [2.45, 2.75) is 31.8 Å². The molecule has 7 heteroatoms. The van der Waals surface area contributed by atoms with Crippen molar-refractivity contribution in [3.63, 3.8) is 0 Å². The van der Waals surface area contributed by atoms with E-state index < -0.39 is 11.9 Å². The van der Waals surface area contributed by atoms with E-state index in [9.17, 15) is 9.59 Å². The van der Waals surface area contributed by atoms with Gasteiger partial charge in [0.15, 0.2) is 17.3 Å². The molecule has 0 unspecified atom stereocenters. The Bertz CT molecular complexity index is 1420. The van der Waals surface area contributed by atoms with Crippen molar-refractivity contribution in [1.29, 1.82) is 0 Å². The van der Waals surface area contributed by atoms with E-state index in [2.05, 4.69) is 18.2 Å². The number of benzene rings is 3. The Balaban J connectivity index is 1.51. The zero-order chi connectivity index (χ0) is 25.2. The van der Waals surface area contributed by atoms with Crippen molar-refractivity contribution in [2.75, 3.05) is 14.2 Å². The minimum atomic E-state index is -0.713. The first kappa shape index (κ1) is 23.5. The van der Waals surface area contributed by atoms with Gasteiger partial charge in [-0.25, -0.2) is 4.79 Å². The quantitative estimate of drug-likeness (QED) is 0.497. The number of ketones is 1. The summed E-state index contributed by atoms with van der Waals surface area (Å²) < 4.78 is 22.5. The van der Waals surface area contributed by atoms with Gasteiger partial charge in [-0.3, -0.25) is 4.79 Å². The minimum Gasteiger partial charge on any atom is -0.493 e. The molecule has 2 N–H and O–H groups in total. The van der Waals surface area contributed by atoms with E-state index in [1.807, 2.05) is 30.3 Å². The van der Waals surface area contributed by atoms with Gasteiger partial charge in [0.25, 0.3) is 0 Å². The monoisotopic (exact) mass is 485 g/mol. The number of carbonyl (C=O) groups excluding carboxylic acids is 2. The highest BCUT2D eigenvalue weighted by Gasteiger charge is 2.41. The van der Waals surface area contributed by atoms with Crippen LogP contribution in [0.2, 0.25) is 0 Å². The first-order valence-corrected chi connectivity index (χ1v) is 11.8. The van der Waals surface area contributed by atoms with Gasteiger partial charge in [-0.2, -0.15) is 0 Å². The highest BCUT2D eigenvalue weighted by atomic mass is 16.5. The number of fused-ring (bicyclic) bond motifs is 1. The normalized spacial score (nSPS) is 17.5. The van der Waals surface area contributed by atoms with Gasteiger partial charge >= 0.3 is 5.97 Å². The summed E-state index contributed by atoms with van der Waals surface area (Å²) in [4.78, 5) is 25.7. The lowest BCUT2D eigenvalue weighted by Crippen LogP contribution is -2.31. The number of Topliss-reactive ketones (excluding diaryl/α,β-unsaturated/α-hetero) is 1. The maximum atomic E-state index is 13.0. The van der Waals surface area contributed by atoms with E-state index in [4.69, 9.17) is 24.7 Å². The van der Waals surface area contributed by atoms with Crippen molar-refractivity contribution >= 4 is 22.5 Å². The molecule has 1 aliphatic heterocycles. The molecule has 1 atom stereocenters. The summed E-state index contributed by atoms with van der Waals surface area (Å²) in [6.07, 6.45) is 1.64. The largest absolute Gasteiger partial charge is 0.493 e. The number of ether oxygens (including phenoxy) is 4. The average Bonchev–Trinajstić information content (AvgIpc) is 2.90. The van der Waals surface area contributed by atoms with Crippen LogP contribution in [0, 0.1) is 0 Å². The van der Waals surface area contributed by atoms with Crippen molar-refractivity contribution in [3.8, 4) is 11.5 Å². The molecule has 0 aromatic heterocycles. The van der Waals surface area contributed by atoms with Crippen LogP contribution >= 0.6 is 0 Å². The van der Waals surface area contributed by atoms with Crippen molar-refractivity contribution in [1.82, 2.24) is 0 Å². The van der Waals surface area contributed by atoms with Crippen LogP contribution in [0.5, 0.6) is 11.5 Å². The first-order chi connectivity index (χ1) is 17.5. The topological polar surface area (TPSA) is 97.1 Å². The SMILES string of the molecule is COC(=O)C1=C(N)OC2=C(C(=O)CCC2)[C@H]1c1ccc(OCc2cccc3ccccc23)c(OC)c1. The molecule has 0 bridgehead atoms. The summed E-state index contributed by atoms with van der Waals surface area (Å²) in [5.41, 5.74) is 8.42. The minimum absolute atomic E-state index is 0.0458. The molecule has 7 nitrogen and oxygen atoms in total. The van der Waals surface area contributed by atoms with Gasteiger partial charge in [-0.1, -0.05) is 48.5 Å². The molecule has 184 valence electrons. The lowest BCUT2D eigenvalue weighted by atomic mass is 9.77. The molecule has 1 aliphatic carbocycles. The molecule has 0 saturated carbocycles. The number of nitrogens with two attached hydrogens (primary N) is 1. The number of methoxy groups -OCH3 is 2. The molecule has 0 spiro atoms. The predicted octanol–water partition coefficient (Wildman–Crippen LogP) is 4.89. The third-order valence-electron chi connectivity index (χ3n) is 6.67. The maximum Gasteiger partial charge on any atom is 0.340 e. The van der Waals surface area contributed by atoms with E-state index in [1.54, 1.807) is 19.2 Å². The fraction of sp³-hybridized carbons (Fsp3) is 0.241. The standard InChI is InChI=1S/C29H27NO6/c1-33-24-15-18(13-14-22(24)35-16-19-9-5-8-17-7-3-4-10-20(17)19)25-26-21(31)11-6-12-23(26)36-28(30)27(25)29(32)34-2/h3-5,7-10,13-15,25H,6,11-12,16,30H2,1-2H3/t25-/m1/s1. The van der Waals surface area contributed by atoms with Crippen LogP contribution in [0.3, 0.4) is 0 Å². The molecule has 1 heterocycles. The van der Waals surface area contributed by atoms with Crippen LogP contribution < -0.4 is 15.2 Å². The maximum absolute atomic E-state index is 13.0. The Kier molecular flexibility index (Phi) is 6.38. The van der Waals surface area contributed by atoms with Gasteiger partial charge in [-0.15, -0.1) is 0 Å². The summed E-state index contributed by atoms with van der Waals surface area (Å²) in [7, 11) is 2.83. The van der Waals surface area contributed by atoms with E-state index in [0.29, 0.717) is 54.3 Å². The number of esters is 1. The van der Waals surface area contributed by atoms with E-state index >= 15 is 0 Å². The Morgan fingerprint density at radius 1 is 1.03 bits per heavy atom. The molecule has 2 aliphatic rings. The lowest BCUT2D eigenvalue weighted by molar-refractivity contribution is -0.136. The molecule has 3 aromatic carbocycles. The van der Waals surface area contributed by atoms with Crippen LogP contribution in [0.1, 0.15) is 36.3 Å². The average molecular weight is 486 g/mol. The lowest BCUT2D eigenvalue weighted by Gasteiger charge is -2.32. The van der Waals surface area contributed by atoms with Crippen LogP contribution in [-0.2, 0) is 25.7 Å². The molecule has 0 amide bonds. The van der Waals surface area contributed by atoms with Gasteiger partial charge in [-0.05, 0) is 40.5 Å². The van der Waals surface area contributed by atoms with Crippen LogP contribution in [0.4, 0.5) is 0 Å². The number of hydrogen-bond donors (Lipinski definition) is 1. The van der Waals surface area contributed by atoms with Gasteiger partial charge in [0.05, 0.1) is 20.1 Å². The van der Waals surface area contributed by atoms with Crippen molar-refractivity contribution < 1.29 is 28.5 Å². The summed E-state index contributed by atoms with van der Waals surface area (Å²) in [6, 6.07) is 19.6. The number of hydrogen-bond acceptors (Lipinski definition) is 7. The summed E-state index contributed by atoms with van der Waals surface area (Å²) in [5.74, 6) is 0.0692. The Hall–Kier alpha value is -4.26. The molecule has 36 heavy (non-hydrogen) atoms. The van der Waals surface area contributed by atoms with Crippen LogP contribution in [-0.4, -0.2) is 26.0 Å². The molecule has 0 fully saturated rings. The van der Waals surface area contributed by atoms with Crippen LogP contribution in [0.15, 0.2) is 83.5 Å². The third kappa shape index (κ3) is 4.17. The summed E-state index contributed by atoms with van der Waals surface area (Å²) in [6.45, 7) is 0.350. The number of allylic oxidation sites excluding steroid dienone is 2. The molecule has 0 radical (unpaired) electrons. The third-order valence-corrected chi connectivity index (χ3v) is 6.67. The second kappa shape index (κ2) is 9.77. The van der Waals surface area contributed by atoms with Crippen molar-refractivity contribution in [2.24, 2.45) is 5.73 Å². The zero-order valence-electron chi connectivity index (χ0n) is 20.2. The number of rotatable bonds is 6. The Morgan fingerprint density at radius 3 is 2.64 bits per heavy atom. The Morgan fingerprint density at radius 2 is 1.83 bits per heavy atom. The van der Waals surface area contributed by atoms with E-state index in [1.165, 1.54) is 7.11 Å². The second-order valence-corrected chi connectivity index (χ2v) is 8.76. The molecule has 3 aromatic rings. The van der Waals surface area contributed by atoms with Crippen LogP contribution in [0.25, 0.3) is 10.8 Å². The fourth-order valence-corrected chi connectivity index (χ4v) is 4.96. The fourth-order valence-electron chi connectivity index (χ4n) is 4.96.